The van der Waals surface area contributed by atoms with Crippen LogP contribution in [0.1, 0.15) is 0 Å². The number of alkyl halides is 3. The Labute approximate surface area is 86.7 Å². The van der Waals surface area contributed by atoms with Gasteiger partial charge in [0.25, 0.3) is 0 Å². The van der Waals surface area contributed by atoms with Crippen LogP contribution in [0.15, 0.2) is 24.3 Å². The topological polar surface area (TPSA) is 15.3 Å². The fraction of sp³-hybridized carbons (Fsp3) is 0.400. The maximum Gasteiger partial charge on any atom is 0.405 e. The van der Waals surface area contributed by atoms with E-state index in [1.807, 2.05) is 25.1 Å². The molecule has 1 aromatic carbocycles. The van der Waals surface area contributed by atoms with Gasteiger partial charge in [0.1, 0.15) is 6.54 Å². The average molecular weight is 218 g/mol. The number of benzene rings is 1. The van der Waals surface area contributed by atoms with Gasteiger partial charge in [0, 0.05) is 25.5 Å². The summed E-state index contributed by atoms with van der Waals surface area (Å²) in [6, 6.07) is 6.83. The number of rotatable bonds is 3. The second-order valence-corrected chi connectivity index (χ2v) is 3.41. The van der Waals surface area contributed by atoms with E-state index < -0.39 is 12.7 Å². The van der Waals surface area contributed by atoms with Gasteiger partial charge in [-0.05, 0) is 18.2 Å². The van der Waals surface area contributed by atoms with Gasteiger partial charge in [0.05, 0.1) is 0 Å². The summed E-state index contributed by atoms with van der Waals surface area (Å²) in [6.45, 7) is -1.01. The molecule has 0 saturated carbocycles. The Morgan fingerprint density at radius 2 is 1.93 bits per heavy atom. The first-order chi connectivity index (χ1) is 6.88. The van der Waals surface area contributed by atoms with Gasteiger partial charge in [-0.25, -0.2) is 0 Å². The van der Waals surface area contributed by atoms with Crippen molar-refractivity contribution < 1.29 is 13.2 Å². The van der Waals surface area contributed by atoms with Gasteiger partial charge in [-0.3, -0.25) is 0 Å². The second kappa shape index (κ2) is 4.42. The molecule has 0 aliphatic heterocycles. The fourth-order valence-corrected chi connectivity index (χ4v) is 1.10. The van der Waals surface area contributed by atoms with Crippen LogP contribution in [0.25, 0.3) is 0 Å². The third-order valence-corrected chi connectivity index (χ3v) is 1.86. The first-order valence-corrected chi connectivity index (χ1v) is 4.46. The quantitative estimate of drug-likeness (QED) is 0.839. The molecule has 0 spiro atoms. The number of nitrogens with zero attached hydrogens (tertiary/aromatic N) is 1. The first kappa shape index (κ1) is 11.7. The normalized spacial score (nSPS) is 11.3. The molecule has 2 nitrogen and oxygen atoms in total. The van der Waals surface area contributed by atoms with Gasteiger partial charge in [-0.15, -0.1) is 0 Å². The number of hydrogen-bond donors (Lipinski definition) is 1. The molecule has 0 aliphatic carbocycles. The van der Waals surface area contributed by atoms with Crippen LogP contribution >= 0.6 is 0 Å². The Morgan fingerprint density at radius 3 is 2.47 bits per heavy atom. The van der Waals surface area contributed by atoms with Crippen LogP contribution < -0.4 is 10.2 Å². The predicted octanol–water partition coefficient (Wildman–Crippen LogP) is 2.73. The summed E-state index contributed by atoms with van der Waals surface area (Å²) in [5.74, 6) is 0. The van der Waals surface area contributed by atoms with Gasteiger partial charge < -0.3 is 10.2 Å². The molecule has 84 valence electrons. The van der Waals surface area contributed by atoms with Crippen LogP contribution in [-0.2, 0) is 0 Å². The minimum Gasteiger partial charge on any atom is -0.378 e. The molecule has 1 N–H and O–H groups in total. The summed E-state index contributed by atoms with van der Waals surface area (Å²) in [6.07, 6.45) is -4.19. The summed E-state index contributed by atoms with van der Waals surface area (Å²) in [7, 11) is 3.67. The molecule has 0 saturated heterocycles. The van der Waals surface area contributed by atoms with Crippen molar-refractivity contribution in [3.8, 4) is 0 Å². The monoisotopic (exact) mass is 218 g/mol. The summed E-state index contributed by atoms with van der Waals surface area (Å²) < 4.78 is 35.8. The Balaban J connectivity index is 2.66. The van der Waals surface area contributed by atoms with Crippen molar-refractivity contribution in [2.45, 2.75) is 6.18 Å². The highest BCUT2D eigenvalue weighted by atomic mass is 19.4. The molecule has 0 aliphatic rings. The summed E-state index contributed by atoms with van der Waals surface area (Å²) >= 11 is 0. The van der Waals surface area contributed by atoms with Gasteiger partial charge in [-0.2, -0.15) is 13.2 Å². The van der Waals surface area contributed by atoms with E-state index in [2.05, 4.69) is 5.32 Å². The largest absolute Gasteiger partial charge is 0.405 e. The maximum atomic E-state index is 11.9. The second-order valence-electron chi connectivity index (χ2n) is 3.41. The van der Waals surface area contributed by atoms with E-state index >= 15 is 0 Å². The van der Waals surface area contributed by atoms with E-state index in [1.165, 1.54) is 0 Å². The minimum atomic E-state index is -4.19. The zero-order valence-corrected chi connectivity index (χ0v) is 8.60. The standard InChI is InChI=1S/C10H13F3N2/c1-15(2)9-5-3-4-8(6-9)14-7-10(11,12)13/h3-6,14H,7H2,1-2H3. The molecule has 1 rings (SSSR count). The molecule has 0 amide bonds. The lowest BCUT2D eigenvalue weighted by atomic mass is 10.2. The van der Waals surface area contributed by atoms with Crippen molar-refractivity contribution in [1.29, 1.82) is 0 Å². The highest BCUT2D eigenvalue weighted by Crippen LogP contribution is 2.20. The molecular formula is C10H13F3N2. The van der Waals surface area contributed by atoms with Crippen molar-refractivity contribution >= 4 is 11.4 Å². The Morgan fingerprint density at radius 1 is 1.27 bits per heavy atom. The van der Waals surface area contributed by atoms with Gasteiger partial charge in [0.2, 0.25) is 0 Å². The van der Waals surface area contributed by atoms with Gasteiger partial charge in [0.15, 0.2) is 0 Å². The molecule has 0 fully saturated rings. The number of hydrogen-bond acceptors (Lipinski definition) is 2. The third-order valence-electron chi connectivity index (χ3n) is 1.86. The first-order valence-electron chi connectivity index (χ1n) is 4.46. The van der Waals surface area contributed by atoms with E-state index in [-0.39, 0.29) is 0 Å². The third kappa shape index (κ3) is 4.10. The molecule has 0 heterocycles. The number of nitrogens with one attached hydrogen (secondary N) is 1. The highest BCUT2D eigenvalue weighted by Gasteiger charge is 2.26. The molecule has 0 unspecified atom stereocenters. The van der Waals surface area contributed by atoms with Crippen LogP contribution in [0.2, 0.25) is 0 Å². The van der Waals surface area contributed by atoms with Crippen molar-refractivity contribution in [1.82, 2.24) is 0 Å². The zero-order valence-electron chi connectivity index (χ0n) is 8.60. The Hall–Kier alpha value is -1.39. The van der Waals surface area contributed by atoms with Crippen molar-refractivity contribution in [3.63, 3.8) is 0 Å². The lowest BCUT2D eigenvalue weighted by Gasteiger charge is -2.15. The molecule has 0 atom stereocenters. The SMILES string of the molecule is CN(C)c1cccc(NCC(F)(F)F)c1. The Kier molecular flexibility index (Phi) is 3.44. The van der Waals surface area contributed by atoms with Crippen LogP contribution in [0.4, 0.5) is 24.5 Å². The van der Waals surface area contributed by atoms with Crippen LogP contribution in [0, 0.1) is 0 Å². The van der Waals surface area contributed by atoms with E-state index in [4.69, 9.17) is 0 Å². The average Bonchev–Trinajstić information content (AvgIpc) is 2.14. The highest BCUT2D eigenvalue weighted by molar-refractivity contribution is 5.57. The molecule has 5 heteroatoms. The number of halogens is 3. The van der Waals surface area contributed by atoms with Crippen molar-refractivity contribution in [3.05, 3.63) is 24.3 Å². The van der Waals surface area contributed by atoms with E-state index in [1.54, 1.807) is 18.2 Å². The van der Waals surface area contributed by atoms with E-state index in [0.717, 1.165) is 5.69 Å². The van der Waals surface area contributed by atoms with Gasteiger partial charge in [-0.1, -0.05) is 6.07 Å². The van der Waals surface area contributed by atoms with Crippen molar-refractivity contribution in [2.24, 2.45) is 0 Å². The van der Waals surface area contributed by atoms with Gasteiger partial charge >= 0.3 is 6.18 Å². The predicted molar refractivity (Wildman–Crippen MR) is 55.3 cm³/mol. The minimum absolute atomic E-state index is 0.471. The molecule has 0 bridgehead atoms. The number of anilines is 2. The zero-order chi connectivity index (χ0) is 11.5. The summed E-state index contributed by atoms with van der Waals surface area (Å²) in [5, 5.41) is 2.33. The smallest absolute Gasteiger partial charge is 0.378 e. The molecule has 0 radical (unpaired) electrons. The summed E-state index contributed by atoms with van der Waals surface area (Å²) in [5.41, 5.74) is 1.33. The maximum absolute atomic E-state index is 11.9. The Bertz CT molecular complexity index is 321. The lowest BCUT2D eigenvalue weighted by molar-refractivity contribution is -0.115. The lowest BCUT2D eigenvalue weighted by Crippen LogP contribution is -2.21. The van der Waals surface area contributed by atoms with Crippen LogP contribution in [-0.4, -0.2) is 26.8 Å². The fourth-order valence-electron chi connectivity index (χ4n) is 1.10. The van der Waals surface area contributed by atoms with E-state index in [9.17, 15) is 13.2 Å². The van der Waals surface area contributed by atoms with Crippen LogP contribution in [0.3, 0.4) is 0 Å². The molecular weight excluding hydrogens is 205 g/mol. The molecule has 15 heavy (non-hydrogen) atoms. The van der Waals surface area contributed by atoms with Crippen LogP contribution in [0.5, 0.6) is 0 Å². The molecule has 0 aromatic heterocycles. The molecule has 1 aromatic rings. The van der Waals surface area contributed by atoms with E-state index in [0.29, 0.717) is 5.69 Å². The summed E-state index contributed by atoms with van der Waals surface area (Å²) in [4.78, 5) is 1.83. The van der Waals surface area contributed by atoms with Crippen molar-refractivity contribution in [2.75, 3.05) is 30.9 Å².